The average molecular weight is 455 g/mol. The van der Waals surface area contributed by atoms with Gasteiger partial charge in [-0.2, -0.15) is 5.26 Å². The Balaban J connectivity index is 0.000000941. The number of alkyl halides is 1. The normalized spacial score (nSPS) is 18.2. The first-order valence-electron chi connectivity index (χ1n) is 11.0. The highest BCUT2D eigenvalue weighted by Gasteiger charge is 2.23. The summed E-state index contributed by atoms with van der Waals surface area (Å²) in [5.41, 5.74) is 4.44. The molecule has 0 N–H and O–H groups in total. The Morgan fingerprint density at radius 1 is 1.00 bits per heavy atom. The zero-order chi connectivity index (χ0) is 20.9. The van der Waals surface area contributed by atoms with Crippen molar-refractivity contribution in [2.24, 2.45) is 0 Å². The molecule has 1 aliphatic rings. The van der Waals surface area contributed by atoms with Gasteiger partial charge in [0.2, 0.25) is 0 Å². The summed E-state index contributed by atoms with van der Waals surface area (Å²) in [5, 5.41) is 7.32. The molecule has 1 saturated carbocycles. The number of aryl methyl sites for hydroxylation is 1. The molecule has 0 amide bonds. The molecule has 0 aliphatic heterocycles. The molecule has 0 radical (unpaired) electrons. The van der Waals surface area contributed by atoms with Crippen molar-refractivity contribution < 1.29 is 0 Å². The van der Waals surface area contributed by atoms with Crippen molar-refractivity contribution in [1.29, 1.82) is 5.26 Å². The molecular formula is C26H35BrN2. The predicted octanol–water partition coefficient (Wildman–Crippen LogP) is 7.09. The fourth-order valence-corrected chi connectivity index (χ4v) is 4.84. The van der Waals surface area contributed by atoms with Crippen LogP contribution in [0, 0.1) is 11.3 Å². The Bertz CT molecular complexity index is 721. The molecule has 0 saturated heterocycles. The second-order valence-corrected chi connectivity index (χ2v) is 9.23. The third-order valence-electron chi connectivity index (χ3n) is 5.55. The smallest absolute Gasteiger partial charge is 0.0587 e. The summed E-state index contributed by atoms with van der Waals surface area (Å²) < 4.78 is 0. The summed E-state index contributed by atoms with van der Waals surface area (Å²) in [6, 6.07) is 22.1. The monoisotopic (exact) mass is 454 g/mol. The molecule has 2 aromatic carbocycles. The minimum atomic E-state index is 0.723. The molecule has 1 fully saturated rings. The van der Waals surface area contributed by atoms with Crippen LogP contribution in [0.25, 0.3) is 0 Å². The van der Waals surface area contributed by atoms with Crippen molar-refractivity contribution >= 4 is 15.9 Å². The Morgan fingerprint density at radius 3 is 2.28 bits per heavy atom. The Morgan fingerprint density at radius 2 is 1.69 bits per heavy atom. The summed E-state index contributed by atoms with van der Waals surface area (Å²) in [4.78, 5) is 3.32. The molecule has 1 aliphatic carbocycles. The van der Waals surface area contributed by atoms with E-state index in [0.29, 0.717) is 0 Å². The van der Waals surface area contributed by atoms with Gasteiger partial charge in [0.15, 0.2) is 0 Å². The van der Waals surface area contributed by atoms with E-state index < -0.39 is 0 Å². The van der Waals surface area contributed by atoms with E-state index in [-0.39, 0.29) is 0 Å². The molecule has 3 rings (SSSR count). The summed E-state index contributed by atoms with van der Waals surface area (Å²) >= 11 is 3.77. The van der Waals surface area contributed by atoms with E-state index in [1.54, 1.807) is 6.07 Å². The van der Waals surface area contributed by atoms with Crippen LogP contribution < -0.4 is 0 Å². The van der Waals surface area contributed by atoms with Gasteiger partial charge in [0.05, 0.1) is 6.07 Å². The van der Waals surface area contributed by atoms with Gasteiger partial charge >= 0.3 is 0 Å². The first-order chi connectivity index (χ1) is 14.2. The van der Waals surface area contributed by atoms with Crippen LogP contribution in [0.2, 0.25) is 0 Å². The van der Waals surface area contributed by atoms with Gasteiger partial charge in [-0.3, -0.25) is 4.90 Å². The van der Waals surface area contributed by atoms with E-state index >= 15 is 0 Å². The zero-order valence-electron chi connectivity index (χ0n) is 18.0. The average Bonchev–Trinajstić information content (AvgIpc) is 3.16. The SMILES string of the molecule is CC#N.CCCN(CCCc1ccc(C2CCC(Br)C2)cc1)Cc1ccccc1. The lowest BCUT2D eigenvalue weighted by atomic mass is 9.96. The zero-order valence-corrected chi connectivity index (χ0v) is 19.6. The summed E-state index contributed by atoms with van der Waals surface area (Å²) in [6.45, 7) is 7.14. The van der Waals surface area contributed by atoms with Gasteiger partial charge in [-0.1, -0.05) is 77.5 Å². The predicted molar refractivity (Wildman–Crippen MR) is 127 cm³/mol. The third-order valence-corrected chi connectivity index (χ3v) is 6.38. The highest BCUT2D eigenvalue weighted by molar-refractivity contribution is 9.09. The molecular weight excluding hydrogens is 420 g/mol. The number of nitriles is 1. The molecule has 2 atom stereocenters. The molecule has 0 bridgehead atoms. The minimum absolute atomic E-state index is 0.723. The van der Waals surface area contributed by atoms with Crippen molar-refractivity contribution in [3.8, 4) is 6.07 Å². The quantitative estimate of drug-likeness (QED) is 0.377. The Kier molecular flexibility index (Phi) is 11.1. The third kappa shape index (κ3) is 8.72. The number of halogens is 1. The first-order valence-corrected chi connectivity index (χ1v) is 11.9. The topological polar surface area (TPSA) is 27.0 Å². The summed E-state index contributed by atoms with van der Waals surface area (Å²) in [5.74, 6) is 0.763. The van der Waals surface area contributed by atoms with Crippen molar-refractivity contribution in [2.75, 3.05) is 13.1 Å². The van der Waals surface area contributed by atoms with E-state index in [1.165, 1.54) is 75.2 Å². The number of rotatable bonds is 9. The second kappa shape index (κ2) is 13.6. The van der Waals surface area contributed by atoms with Crippen LogP contribution in [0.5, 0.6) is 0 Å². The van der Waals surface area contributed by atoms with Gasteiger partial charge in [-0.15, -0.1) is 0 Å². The maximum Gasteiger partial charge on any atom is 0.0587 e. The fraction of sp³-hybridized carbons (Fsp3) is 0.500. The van der Waals surface area contributed by atoms with Crippen molar-refractivity contribution in [3.63, 3.8) is 0 Å². The van der Waals surface area contributed by atoms with Gasteiger partial charge in [0.25, 0.3) is 0 Å². The van der Waals surface area contributed by atoms with E-state index in [4.69, 9.17) is 5.26 Å². The molecule has 156 valence electrons. The van der Waals surface area contributed by atoms with Crippen LogP contribution >= 0.6 is 15.9 Å². The minimum Gasteiger partial charge on any atom is -0.299 e. The van der Waals surface area contributed by atoms with E-state index in [9.17, 15) is 0 Å². The molecule has 2 aromatic rings. The maximum absolute atomic E-state index is 7.32. The Labute approximate surface area is 186 Å². The number of hydrogen-bond donors (Lipinski definition) is 0. The number of nitrogens with zero attached hydrogens (tertiary/aromatic N) is 2. The summed E-state index contributed by atoms with van der Waals surface area (Å²) in [7, 11) is 0. The summed E-state index contributed by atoms with van der Waals surface area (Å²) in [6.07, 6.45) is 7.59. The molecule has 0 aromatic heterocycles. The van der Waals surface area contributed by atoms with Crippen LogP contribution in [-0.4, -0.2) is 22.8 Å². The van der Waals surface area contributed by atoms with Gasteiger partial charge in [0, 0.05) is 18.3 Å². The molecule has 0 heterocycles. The molecule has 2 nitrogen and oxygen atoms in total. The largest absolute Gasteiger partial charge is 0.299 e. The molecule has 0 spiro atoms. The van der Waals surface area contributed by atoms with Gasteiger partial charge in [-0.05, 0) is 74.2 Å². The highest BCUT2D eigenvalue weighted by atomic mass is 79.9. The number of benzene rings is 2. The van der Waals surface area contributed by atoms with Crippen LogP contribution in [0.15, 0.2) is 54.6 Å². The van der Waals surface area contributed by atoms with Crippen molar-refractivity contribution in [1.82, 2.24) is 4.90 Å². The maximum atomic E-state index is 7.32. The van der Waals surface area contributed by atoms with Crippen LogP contribution in [0.3, 0.4) is 0 Å². The van der Waals surface area contributed by atoms with E-state index in [1.807, 2.05) is 0 Å². The van der Waals surface area contributed by atoms with Crippen molar-refractivity contribution in [2.45, 2.75) is 69.7 Å². The van der Waals surface area contributed by atoms with Crippen LogP contribution in [0.1, 0.15) is 68.6 Å². The van der Waals surface area contributed by atoms with Gasteiger partial charge in [-0.25, -0.2) is 0 Å². The van der Waals surface area contributed by atoms with Crippen LogP contribution in [0.4, 0.5) is 0 Å². The van der Waals surface area contributed by atoms with E-state index in [2.05, 4.69) is 82.4 Å². The lowest BCUT2D eigenvalue weighted by Gasteiger charge is -2.22. The molecule has 29 heavy (non-hydrogen) atoms. The molecule has 3 heteroatoms. The Hall–Kier alpha value is -1.63. The highest BCUT2D eigenvalue weighted by Crippen LogP contribution is 2.37. The second-order valence-electron chi connectivity index (χ2n) is 7.94. The number of hydrogen-bond acceptors (Lipinski definition) is 2. The standard InChI is InChI=1S/C24H32BrN.C2H3N/c1-2-16-26(19-21-7-4-3-5-8-21)17-6-9-20-10-12-22(13-11-20)23-14-15-24(25)18-23;1-2-3/h3-5,7-8,10-13,23-24H,2,6,9,14-19H2,1H3;1H3. The van der Waals surface area contributed by atoms with Gasteiger partial charge < -0.3 is 0 Å². The lowest BCUT2D eigenvalue weighted by molar-refractivity contribution is 0.262. The van der Waals surface area contributed by atoms with Crippen LogP contribution in [-0.2, 0) is 13.0 Å². The fourth-order valence-electron chi connectivity index (χ4n) is 4.12. The van der Waals surface area contributed by atoms with E-state index in [0.717, 1.165) is 17.3 Å². The lowest BCUT2D eigenvalue weighted by Crippen LogP contribution is -2.25. The van der Waals surface area contributed by atoms with Gasteiger partial charge in [0.1, 0.15) is 0 Å². The van der Waals surface area contributed by atoms with Crippen molar-refractivity contribution in [3.05, 3.63) is 71.3 Å². The molecule has 2 unspecified atom stereocenters. The first kappa shape index (κ1) is 23.6.